The molecule has 0 aliphatic heterocycles. The summed E-state index contributed by atoms with van der Waals surface area (Å²) in [7, 11) is 1.36. The molecule has 0 aliphatic carbocycles. The standard InChI is InChI=1S/C16H24FN3O3/c1-4-18-16(19-10-9-15(21)22-3)20-11-12(2)23-14-7-5-13(17)6-8-14/h5-8,12H,4,9-11H2,1-3H3,(H2,18,19,20). The highest BCUT2D eigenvalue weighted by molar-refractivity contribution is 5.80. The van der Waals surface area contributed by atoms with Crippen LogP contribution < -0.4 is 15.4 Å². The Balaban J connectivity index is 2.44. The molecule has 1 rings (SSSR count). The van der Waals surface area contributed by atoms with Crippen molar-refractivity contribution in [2.75, 3.05) is 26.7 Å². The van der Waals surface area contributed by atoms with Crippen molar-refractivity contribution >= 4 is 11.9 Å². The van der Waals surface area contributed by atoms with Crippen molar-refractivity contribution in [1.82, 2.24) is 10.6 Å². The smallest absolute Gasteiger partial charge is 0.307 e. The number of nitrogens with zero attached hydrogens (tertiary/aromatic N) is 1. The molecule has 6 nitrogen and oxygen atoms in total. The fourth-order valence-electron chi connectivity index (χ4n) is 1.73. The molecule has 0 fully saturated rings. The number of ether oxygens (including phenoxy) is 2. The van der Waals surface area contributed by atoms with Gasteiger partial charge in [-0.15, -0.1) is 0 Å². The number of halogens is 1. The van der Waals surface area contributed by atoms with Crippen molar-refractivity contribution in [3.8, 4) is 5.75 Å². The van der Waals surface area contributed by atoms with Crippen LogP contribution in [0.15, 0.2) is 29.3 Å². The van der Waals surface area contributed by atoms with E-state index in [9.17, 15) is 9.18 Å². The molecule has 0 aromatic heterocycles. The maximum Gasteiger partial charge on any atom is 0.307 e. The van der Waals surface area contributed by atoms with Gasteiger partial charge in [0.15, 0.2) is 5.96 Å². The molecule has 0 bridgehead atoms. The van der Waals surface area contributed by atoms with Gasteiger partial charge in [0.2, 0.25) is 0 Å². The lowest BCUT2D eigenvalue weighted by atomic mass is 10.3. The molecular formula is C16H24FN3O3. The van der Waals surface area contributed by atoms with Gasteiger partial charge in [-0.2, -0.15) is 0 Å². The zero-order chi connectivity index (χ0) is 17.1. The second kappa shape index (κ2) is 10.4. The Labute approximate surface area is 136 Å². The van der Waals surface area contributed by atoms with Crippen molar-refractivity contribution in [2.45, 2.75) is 26.4 Å². The molecule has 1 aromatic carbocycles. The highest BCUT2D eigenvalue weighted by atomic mass is 19.1. The molecule has 1 unspecified atom stereocenters. The zero-order valence-corrected chi connectivity index (χ0v) is 13.8. The number of nitrogens with one attached hydrogen (secondary N) is 2. The lowest BCUT2D eigenvalue weighted by molar-refractivity contribution is -0.140. The number of carbonyl (C=O) groups is 1. The van der Waals surface area contributed by atoms with Crippen LogP contribution in [0.3, 0.4) is 0 Å². The summed E-state index contributed by atoms with van der Waals surface area (Å²) >= 11 is 0. The van der Waals surface area contributed by atoms with E-state index >= 15 is 0 Å². The molecule has 1 aromatic rings. The minimum Gasteiger partial charge on any atom is -0.489 e. The van der Waals surface area contributed by atoms with Crippen LogP contribution in [0, 0.1) is 5.82 Å². The Morgan fingerprint density at radius 3 is 2.61 bits per heavy atom. The monoisotopic (exact) mass is 325 g/mol. The van der Waals surface area contributed by atoms with Crippen LogP contribution in [0.5, 0.6) is 5.75 Å². The van der Waals surface area contributed by atoms with E-state index in [2.05, 4.69) is 20.4 Å². The third-order valence-corrected chi connectivity index (χ3v) is 2.85. The fourth-order valence-corrected chi connectivity index (χ4v) is 1.73. The fraction of sp³-hybridized carbons (Fsp3) is 0.500. The summed E-state index contributed by atoms with van der Waals surface area (Å²) in [4.78, 5) is 15.5. The second-order valence-electron chi connectivity index (χ2n) is 4.85. The van der Waals surface area contributed by atoms with Gasteiger partial charge >= 0.3 is 5.97 Å². The molecule has 0 amide bonds. The van der Waals surface area contributed by atoms with Gasteiger partial charge in [0.25, 0.3) is 0 Å². The molecule has 2 N–H and O–H groups in total. The van der Waals surface area contributed by atoms with Gasteiger partial charge in [0.05, 0.1) is 20.1 Å². The second-order valence-corrected chi connectivity index (χ2v) is 4.85. The number of esters is 1. The molecule has 1 atom stereocenters. The normalized spacial score (nSPS) is 12.4. The van der Waals surface area contributed by atoms with E-state index in [1.807, 2.05) is 13.8 Å². The number of methoxy groups -OCH3 is 1. The van der Waals surface area contributed by atoms with Gasteiger partial charge in [-0.3, -0.25) is 4.79 Å². The predicted octanol–water partition coefficient (Wildman–Crippen LogP) is 1.71. The summed E-state index contributed by atoms with van der Waals surface area (Å²) in [5, 5.41) is 6.13. The van der Waals surface area contributed by atoms with E-state index in [-0.39, 0.29) is 24.3 Å². The lowest BCUT2D eigenvalue weighted by Gasteiger charge is -2.15. The van der Waals surface area contributed by atoms with Crippen molar-refractivity contribution in [3.05, 3.63) is 30.1 Å². The number of benzene rings is 1. The van der Waals surface area contributed by atoms with E-state index in [0.29, 0.717) is 31.3 Å². The van der Waals surface area contributed by atoms with E-state index in [1.54, 1.807) is 12.1 Å². The summed E-state index contributed by atoms with van der Waals surface area (Å²) in [5.74, 6) is 0.623. The number of carbonyl (C=O) groups excluding carboxylic acids is 1. The van der Waals surface area contributed by atoms with E-state index < -0.39 is 0 Å². The molecule has 7 heteroatoms. The zero-order valence-electron chi connectivity index (χ0n) is 13.8. The summed E-state index contributed by atoms with van der Waals surface area (Å²) < 4.78 is 23.1. The van der Waals surface area contributed by atoms with Crippen molar-refractivity contribution < 1.29 is 18.7 Å². The summed E-state index contributed by atoms with van der Waals surface area (Å²) in [6.07, 6.45) is 0.0965. The average molecular weight is 325 g/mol. The van der Waals surface area contributed by atoms with Gasteiger partial charge in [-0.25, -0.2) is 9.38 Å². The Morgan fingerprint density at radius 1 is 1.30 bits per heavy atom. The van der Waals surface area contributed by atoms with Crippen LogP contribution in [-0.2, 0) is 9.53 Å². The number of hydrogen-bond donors (Lipinski definition) is 2. The first kappa shape index (κ1) is 18.7. The first-order valence-electron chi connectivity index (χ1n) is 7.56. The quantitative estimate of drug-likeness (QED) is 0.432. The minimum absolute atomic E-state index is 0.170. The lowest BCUT2D eigenvalue weighted by Crippen LogP contribution is -2.39. The molecule has 0 saturated carbocycles. The van der Waals surface area contributed by atoms with Crippen LogP contribution in [0.2, 0.25) is 0 Å². The van der Waals surface area contributed by atoms with Gasteiger partial charge in [0, 0.05) is 13.1 Å². The maximum absolute atomic E-state index is 12.8. The molecule has 0 saturated heterocycles. The first-order chi connectivity index (χ1) is 11.0. The topological polar surface area (TPSA) is 72.0 Å². The van der Waals surface area contributed by atoms with Gasteiger partial charge < -0.3 is 20.1 Å². The third kappa shape index (κ3) is 8.04. The summed E-state index contributed by atoms with van der Waals surface area (Å²) in [5.41, 5.74) is 0. The predicted molar refractivity (Wildman–Crippen MR) is 87.1 cm³/mol. The van der Waals surface area contributed by atoms with Crippen molar-refractivity contribution in [3.63, 3.8) is 0 Å². The van der Waals surface area contributed by atoms with E-state index in [4.69, 9.17) is 4.74 Å². The van der Waals surface area contributed by atoms with E-state index in [0.717, 1.165) is 0 Å². The average Bonchev–Trinajstić information content (AvgIpc) is 2.54. The highest BCUT2D eigenvalue weighted by Crippen LogP contribution is 2.12. The maximum atomic E-state index is 12.8. The SMILES string of the molecule is CCNC(=NCC(C)Oc1ccc(F)cc1)NCCC(=O)OC. The Bertz CT molecular complexity index is 506. The van der Waals surface area contributed by atoms with Crippen LogP contribution in [0.4, 0.5) is 4.39 Å². The van der Waals surface area contributed by atoms with Gasteiger partial charge in [-0.05, 0) is 38.1 Å². The molecule has 128 valence electrons. The van der Waals surface area contributed by atoms with Crippen LogP contribution in [0.1, 0.15) is 20.3 Å². The first-order valence-corrected chi connectivity index (χ1v) is 7.56. The molecule has 0 heterocycles. The van der Waals surface area contributed by atoms with Crippen LogP contribution in [0.25, 0.3) is 0 Å². The summed E-state index contributed by atoms with van der Waals surface area (Å²) in [6, 6.07) is 5.86. The molecule has 0 radical (unpaired) electrons. The minimum atomic E-state index is -0.299. The van der Waals surface area contributed by atoms with Crippen molar-refractivity contribution in [1.29, 1.82) is 0 Å². The van der Waals surface area contributed by atoms with E-state index in [1.165, 1.54) is 19.2 Å². The molecule has 23 heavy (non-hydrogen) atoms. The largest absolute Gasteiger partial charge is 0.489 e. The Hall–Kier alpha value is -2.31. The van der Waals surface area contributed by atoms with Crippen molar-refractivity contribution in [2.24, 2.45) is 4.99 Å². The number of hydrogen-bond acceptors (Lipinski definition) is 4. The van der Waals surface area contributed by atoms with Crippen LogP contribution in [-0.4, -0.2) is 44.8 Å². The Kier molecular flexibility index (Phi) is 8.49. The molecule has 0 spiro atoms. The van der Waals surface area contributed by atoms with Gasteiger partial charge in [-0.1, -0.05) is 0 Å². The summed E-state index contributed by atoms with van der Waals surface area (Å²) in [6.45, 7) is 5.40. The molecule has 0 aliphatic rings. The Morgan fingerprint density at radius 2 is 2.00 bits per heavy atom. The third-order valence-electron chi connectivity index (χ3n) is 2.85. The van der Waals surface area contributed by atoms with Gasteiger partial charge in [0.1, 0.15) is 17.7 Å². The highest BCUT2D eigenvalue weighted by Gasteiger charge is 2.06. The van der Waals surface area contributed by atoms with Crippen LogP contribution >= 0.6 is 0 Å². The number of rotatable bonds is 8. The number of guanidine groups is 1. The number of aliphatic imine (C=N–C) groups is 1. The molecular weight excluding hydrogens is 301 g/mol.